The molecule has 0 saturated heterocycles. The number of halogens is 1. The quantitative estimate of drug-likeness (QED) is 0.829. The molecule has 3 nitrogen and oxygen atoms in total. The molecule has 0 unspecified atom stereocenters. The van der Waals surface area contributed by atoms with Crippen molar-refractivity contribution in [3.05, 3.63) is 33.4 Å². The molecule has 76 valence electrons. The average Bonchev–Trinajstić information content (AvgIpc) is 2.17. The molecule has 0 aromatic heterocycles. The monoisotopic (exact) mass is 304 g/mol. The zero-order valence-corrected chi connectivity index (χ0v) is 10.1. The molecule has 14 heavy (non-hydrogen) atoms. The summed E-state index contributed by atoms with van der Waals surface area (Å²) < 4.78 is 1.05. The Labute approximate surface area is 97.2 Å². The van der Waals surface area contributed by atoms with Gasteiger partial charge in [-0.2, -0.15) is 0 Å². The van der Waals surface area contributed by atoms with Crippen molar-refractivity contribution >= 4 is 28.5 Å². The van der Waals surface area contributed by atoms with E-state index in [0.717, 1.165) is 3.57 Å². The van der Waals surface area contributed by atoms with E-state index in [2.05, 4.69) is 27.9 Å². The van der Waals surface area contributed by atoms with Crippen molar-refractivity contribution in [1.82, 2.24) is 5.32 Å². The van der Waals surface area contributed by atoms with Gasteiger partial charge in [-0.25, -0.2) is 0 Å². The van der Waals surface area contributed by atoms with Crippen LogP contribution in [0.2, 0.25) is 0 Å². The molecule has 0 bridgehead atoms. The Morgan fingerprint density at radius 3 is 2.93 bits per heavy atom. The van der Waals surface area contributed by atoms with Gasteiger partial charge in [-0.3, -0.25) is 4.79 Å². The molecule has 0 fully saturated rings. The minimum atomic E-state index is -0.0681. The fourth-order valence-electron chi connectivity index (χ4n) is 0.996. The molecule has 0 aliphatic carbocycles. The highest BCUT2D eigenvalue weighted by Gasteiger charge is 2.07. The van der Waals surface area contributed by atoms with Gasteiger partial charge in [-0.1, -0.05) is 6.07 Å². The van der Waals surface area contributed by atoms with Crippen LogP contribution in [0.3, 0.4) is 0 Å². The van der Waals surface area contributed by atoms with Crippen LogP contribution < -0.4 is 11.1 Å². The van der Waals surface area contributed by atoms with Gasteiger partial charge < -0.3 is 11.1 Å². The molecule has 0 aliphatic rings. The third-order valence-electron chi connectivity index (χ3n) is 1.82. The van der Waals surface area contributed by atoms with Gasteiger partial charge in [0, 0.05) is 21.7 Å². The van der Waals surface area contributed by atoms with Crippen LogP contribution in [0.15, 0.2) is 24.3 Å². The first kappa shape index (κ1) is 11.5. The number of rotatable bonds is 3. The predicted octanol–water partition coefficient (Wildman–Crippen LogP) is 1.37. The van der Waals surface area contributed by atoms with E-state index in [1.165, 1.54) is 0 Å². The fourth-order valence-corrected chi connectivity index (χ4v) is 1.54. The second kappa shape index (κ2) is 5.31. The van der Waals surface area contributed by atoms with Gasteiger partial charge in [0.05, 0.1) is 0 Å². The average molecular weight is 304 g/mol. The summed E-state index contributed by atoms with van der Waals surface area (Å²) in [4.78, 5) is 11.6. The first-order valence-electron chi connectivity index (χ1n) is 4.40. The zero-order valence-electron chi connectivity index (χ0n) is 7.96. The van der Waals surface area contributed by atoms with Crippen molar-refractivity contribution in [1.29, 1.82) is 0 Å². The molecular formula is C10H13IN2O. The van der Waals surface area contributed by atoms with Crippen molar-refractivity contribution in [2.45, 2.75) is 13.0 Å². The molecule has 0 radical (unpaired) electrons. The van der Waals surface area contributed by atoms with Gasteiger partial charge in [0.15, 0.2) is 0 Å². The molecule has 0 aliphatic heterocycles. The highest BCUT2D eigenvalue weighted by atomic mass is 127. The molecular weight excluding hydrogens is 291 g/mol. The Bertz CT molecular complexity index is 328. The Kier molecular flexibility index (Phi) is 4.34. The van der Waals surface area contributed by atoms with Crippen LogP contribution in [-0.2, 0) is 0 Å². The van der Waals surface area contributed by atoms with Crippen molar-refractivity contribution in [2.75, 3.05) is 6.54 Å². The van der Waals surface area contributed by atoms with E-state index in [0.29, 0.717) is 12.1 Å². The fraction of sp³-hybridized carbons (Fsp3) is 0.300. The molecule has 1 rings (SSSR count). The van der Waals surface area contributed by atoms with Gasteiger partial charge in [-0.05, 0) is 47.7 Å². The third-order valence-corrected chi connectivity index (χ3v) is 2.49. The molecule has 3 N–H and O–H groups in total. The Hall–Kier alpha value is -0.620. The van der Waals surface area contributed by atoms with E-state index in [9.17, 15) is 4.79 Å². The van der Waals surface area contributed by atoms with Gasteiger partial charge >= 0.3 is 0 Å². The molecule has 1 aromatic carbocycles. The lowest BCUT2D eigenvalue weighted by molar-refractivity contribution is 0.0941. The highest BCUT2D eigenvalue weighted by molar-refractivity contribution is 14.1. The van der Waals surface area contributed by atoms with Crippen molar-refractivity contribution in [3.8, 4) is 0 Å². The number of carbonyl (C=O) groups excluding carboxylic acids is 1. The molecule has 0 spiro atoms. The number of nitrogens with one attached hydrogen (secondary N) is 1. The number of amides is 1. The number of hydrogen-bond acceptors (Lipinski definition) is 2. The first-order chi connectivity index (χ1) is 6.63. The zero-order chi connectivity index (χ0) is 10.6. The lowest BCUT2D eigenvalue weighted by Crippen LogP contribution is -2.37. The van der Waals surface area contributed by atoms with E-state index >= 15 is 0 Å². The van der Waals surface area contributed by atoms with E-state index in [1.807, 2.05) is 25.1 Å². The van der Waals surface area contributed by atoms with Crippen molar-refractivity contribution in [3.63, 3.8) is 0 Å². The minimum absolute atomic E-state index is 0.0142. The van der Waals surface area contributed by atoms with Crippen LogP contribution in [0.1, 0.15) is 17.3 Å². The van der Waals surface area contributed by atoms with Crippen molar-refractivity contribution < 1.29 is 4.79 Å². The highest BCUT2D eigenvalue weighted by Crippen LogP contribution is 2.07. The summed E-state index contributed by atoms with van der Waals surface area (Å²) in [6.07, 6.45) is 0. The Balaban J connectivity index is 2.70. The summed E-state index contributed by atoms with van der Waals surface area (Å²) in [7, 11) is 0. The Morgan fingerprint density at radius 2 is 2.36 bits per heavy atom. The molecule has 0 saturated carbocycles. The van der Waals surface area contributed by atoms with E-state index in [-0.39, 0.29) is 11.9 Å². The number of benzene rings is 1. The maximum atomic E-state index is 11.6. The van der Waals surface area contributed by atoms with Crippen LogP contribution in [0.25, 0.3) is 0 Å². The van der Waals surface area contributed by atoms with Crippen LogP contribution in [0.5, 0.6) is 0 Å². The van der Waals surface area contributed by atoms with Crippen LogP contribution in [0, 0.1) is 3.57 Å². The lowest BCUT2D eigenvalue weighted by Gasteiger charge is -2.11. The largest absolute Gasteiger partial charge is 0.348 e. The van der Waals surface area contributed by atoms with Gasteiger partial charge in [0.25, 0.3) is 5.91 Å². The molecule has 0 heterocycles. The van der Waals surface area contributed by atoms with Crippen molar-refractivity contribution in [2.24, 2.45) is 5.73 Å². The summed E-state index contributed by atoms with van der Waals surface area (Å²) in [6.45, 7) is 2.33. The Morgan fingerprint density at radius 1 is 1.64 bits per heavy atom. The van der Waals surface area contributed by atoms with Gasteiger partial charge in [-0.15, -0.1) is 0 Å². The summed E-state index contributed by atoms with van der Waals surface area (Å²) >= 11 is 2.18. The standard InChI is InChI=1S/C10H13IN2O/c1-7(6-12)13-10(14)8-3-2-4-9(11)5-8/h2-5,7H,6,12H2,1H3,(H,13,14)/t7-/m0/s1. The number of hydrogen-bond donors (Lipinski definition) is 2. The second-order valence-corrected chi connectivity index (χ2v) is 4.37. The first-order valence-corrected chi connectivity index (χ1v) is 5.48. The summed E-state index contributed by atoms with van der Waals surface area (Å²) in [5.41, 5.74) is 6.09. The minimum Gasteiger partial charge on any atom is -0.348 e. The number of nitrogens with two attached hydrogens (primary N) is 1. The molecule has 1 aromatic rings. The summed E-state index contributed by atoms with van der Waals surface area (Å²) in [6, 6.07) is 7.47. The van der Waals surface area contributed by atoms with Crippen LogP contribution >= 0.6 is 22.6 Å². The van der Waals surface area contributed by atoms with Gasteiger partial charge in [0.1, 0.15) is 0 Å². The maximum Gasteiger partial charge on any atom is 0.251 e. The lowest BCUT2D eigenvalue weighted by atomic mass is 10.2. The van der Waals surface area contributed by atoms with E-state index < -0.39 is 0 Å². The number of carbonyl (C=O) groups is 1. The van der Waals surface area contributed by atoms with E-state index in [1.54, 1.807) is 6.07 Å². The second-order valence-electron chi connectivity index (χ2n) is 3.12. The summed E-state index contributed by atoms with van der Waals surface area (Å²) in [5, 5.41) is 2.81. The topological polar surface area (TPSA) is 55.1 Å². The summed E-state index contributed by atoms with van der Waals surface area (Å²) in [5.74, 6) is -0.0681. The SMILES string of the molecule is C[C@@H](CN)NC(=O)c1cccc(I)c1. The van der Waals surface area contributed by atoms with E-state index in [4.69, 9.17) is 5.73 Å². The molecule has 4 heteroatoms. The van der Waals surface area contributed by atoms with Crippen LogP contribution in [0.4, 0.5) is 0 Å². The van der Waals surface area contributed by atoms with Gasteiger partial charge in [0.2, 0.25) is 0 Å². The predicted molar refractivity (Wildman–Crippen MR) is 65.1 cm³/mol. The van der Waals surface area contributed by atoms with Crippen LogP contribution in [-0.4, -0.2) is 18.5 Å². The molecule has 1 atom stereocenters. The normalized spacial score (nSPS) is 12.2. The maximum absolute atomic E-state index is 11.6. The third kappa shape index (κ3) is 3.26. The molecule has 1 amide bonds. The smallest absolute Gasteiger partial charge is 0.251 e.